The highest BCUT2D eigenvalue weighted by atomic mass is 15.0. The summed E-state index contributed by atoms with van der Waals surface area (Å²) in [5, 5.41) is 22.9. The van der Waals surface area contributed by atoms with Gasteiger partial charge in [-0.3, -0.25) is 4.98 Å². The third-order valence-corrected chi connectivity index (χ3v) is 26.4. The lowest BCUT2D eigenvalue weighted by molar-refractivity contribution is 0.660. The van der Waals surface area contributed by atoms with E-state index in [0.29, 0.717) is 0 Å². The smallest absolute Gasteiger partial charge is 0.0645 e. The van der Waals surface area contributed by atoms with Crippen LogP contribution in [0.1, 0.15) is 25.0 Å². The minimum atomic E-state index is -0.0558. The maximum Gasteiger partial charge on any atom is 0.0645 e. The van der Waals surface area contributed by atoms with Crippen LogP contribution in [0, 0.1) is 0 Å². The topological polar surface area (TPSA) is 75.0 Å². The summed E-state index contributed by atoms with van der Waals surface area (Å²) in [4.78, 5) is 15.5. The Labute approximate surface area is 707 Å². The first-order chi connectivity index (χ1) is 60.8. The average Bonchev–Trinajstić information content (AvgIpc) is 1.57. The first kappa shape index (κ1) is 70.0. The number of aromatic amines is 3. The third kappa shape index (κ3) is 10.9. The van der Waals surface area contributed by atoms with Crippen molar-refractivity contribution in [1.82, 2.24) is 33.6 Å². The zero-order chi connectivity index (χ0) is 81.1. The predicted octanol–water partition coefficient (Wildman–Crippen LogP) is 31.1. The molecule has 7 heterocycles. The molecule has 576 valence electrons. The molecule has 7 nitrogen and oxygen atoms in total. The molecule has 0 amide bonds. The molecule has 3 N–H and O–H groups in total. The van der Waals surface area contributed by atoms with Crippen molar-refractivity contribution < 1.29 is 0 Å². The standard InChI is InChI=1S/C43H30N2.C40H26N2.C33H21N3/c1-43(2)36-16-8-5-12-29(36)30-22-20-27(24-37(30)43)45-40-18-10-7-13-31(40)32-21-19-26(23-41(32)45)35-25-39-42(33-14-4-3-11-28(33)35)34-15-6-9-17-38(34)44-39;1-2-10-26(11-3-1)27-18-21-29(22-19-27)42-38-17-9-7-13-31(38)32-23-20-28(24-39(32)42)35-25-37-40(33-14-5-4-12-30(33)35)34-15-6-8-16-36(34)41-37;1-2-11-26-23(9-1)28(19-30-33(26)27-12-3-5-13-29(27)35-30)21-15-16-25-24-10-4-6-14-31(24)36(32(25)18-21)22-8-7-17-34-20-22/h3-25,44H,1-2H3;1-25,41H;1-20,35H. The zero-order valence-corrected chi connectivity index (χ0v) is 67.5. The number of nitrogens with one attached hydrogen (secondary N) is 3. The van der Waals surface area contributed by atoms with E-state index in [2.05, 4.69) is 442 Å². The number of nitrogens with zero attached hydrogens (tertiary/aromatic N) is 4. The van der Waals surface area contributed by atoms with E-state index in [-0.39, 0.29) is 5.41 Å². The number of fused-ring (bicyclic) bond motifs is 27. The van der Waals surface area contributed by atoms with Crippen LogP contribution in [0.4, 0.5) is 0 Å². The van der Waals surface area contributed by atoms with Crippen molar-refractivity contribution in [2.45, 2.75) is 19.3 Å². The molecule has 26 aromatic rings. The summed E-state index contributed by atoms with van der Waals surface area (Å²) in [6, 6.07) is 146. The van der Waals surface area contributed by atoms with Crippen LogP contribution in [-0.2, 0) is 5.41 Å². The molecule has 0 fully saturated rings. The molecule has 0 radical (unpaired) electrons. The van der Waals surface area contributed by atoms with E-state index < -0.39 is 0 Å². The Bertz CT molecular complexity index is 8850. The van der Waals surface area contributed by atoms with E-state index >= 15 is 0 Å². The molecule has 27 rings (SSSR count). The summed E-state index contributed by atoms with van der Waals surface area (Å²) < 4.78 is 7.20. The Hall–Kier alpha value is -16.1. The van der Waals surface area contributed by atoms with Gasteiger partial charge < -0.3 is 28.7 Å². The predicted molar refractivity (Wildman–Crippen MR) is 520 cm³/mol. The second kappa shape index (κ2) is 27.5. The van der Waals surface area contributed by atoms with Gasteiger partial charge in [0.1, 0.15) is 0 Å². The minimum absolute atomic E-state index is 0.0558. The van der Waals surface area contributed by atoms with Crippen molar-refractivity contribution in [2.75, 3.05) is 0 Å². The lowest BCUT2D eigenvalue weighted by Crippen LogP contribution is -2.15. The molecule has 0 bridgehead atoms. The second-order valence-electron chi connectivity index (χ2n) is 33.5. The Kier molecular flexibility index (Phi) is 15.6. The first-order valence-corrected chi connectivity index (χ1v) is 42.5. The fraction of sp³-hybridized carbons (Fsp3) is 0.0259. The summed E-state index contributed by atoms with van der Waals surface area (Å²) in [6.45, 7) is 4.72. The molecule has 0 atom stereocenters. The number of hydrogen-bond donors (Lipinski definition) is 3. The molecule has 1 aliphatic carbocycles. The molecule has 19 aromatic carbocycles. The lowest BCUT2D eigenvalue weighted by Gasteiger charge is -2.22. The number of pyridine rings is 1. The molecular weight excluding hydrogens is 1490 g/mol. The van der Waals surface area contributed by atoms with Crippen molar-refractivity contribution in [2.24, 2.45) is 0 Å². The van der Waals surface area contributed by atoms with Crippen LogP contribution in [0.5, 0.6) is 0 Å². The highest BCUT2D eigenvalue weighted by Crippen LogP contribution is 2.51. The lowest BCUT2D eigenvalue weighted by atomic mass is 9.82. The summed E-state index contributed by atoms with van der Waals surface area (Å²) in [5.41, 5.74) is 32.9. The maximum atomic E-state index is 4.41. The van der Waals surface area contributed by atoms with Crippen LogP contribution in [0.15, 0.2) is 413 Å². The Morgan fingerprint density at radius 2 is 0.537 bits per heavy atom. The van der Waals surface area contributed by atoms with Gasteiger partial charge >= 0.3 is 0 Å². The third-order valence-electron chi connectivity index (χ3n) is 26.4. The fourth-order valence-electron chi connectivity index (χ4n) is 20.9. The van der Waals surface area contributed by atoms with Gasteiger partial charge in [0.15, 0.2) is 0 Å². The zero-order valence-electron chi connectivity index (χ0n) is 67.5. The molecule has 0 aliphatic heterocycles. The summed E-state index contributed by atoms with van der Waals surface area (Å²) >= 11 is 0. The molecular formula is C116H77N7. The summed E-state index contributed by atoms with van der Waals surface area (Å²) in [6.07, 6.45) is 3.76. The van der Waals surface area contributed by atoms with Crippen molar-refractivity contribution >= 4 is 163 Å². The van der Waals surface area contributed by atoms with E-state index in [1.165, 1.54) is 230 Å². The van der Waals surface area contributed by atoms with E-state index in [1.807, 2.05) is 18.5 Å². The minimum Gasteiger partial charge on any atom is -0.354 e. The normalized spacial score (nSPS) is 12.5. The van der Waals surface area contributed by atoms with Crippen molar-refractivity contribution in [1.29, 1.82) is 0 Å². The van der Waals surface area contributed by atoms with Crippen LogP contribution in [0.2, 0.25) is 0 Å². The van der Waals surface area contributed by atoms with Crippen molar-refractivity contribution in [3.63, 3.8) is 0 Å². The number of H-pyrrole nitrogens is 3. The summed E-state index contributed by atoms with van der Waals surface area (Å²) in [7, 11) is 0. The van der Waals surface area contributed by atoms with Gasteiger partial charge in [-0.2, -0.15) is 0 Å². The van der Waals surface area contributed by atoms with Crippen LogP contribution in [0.25, 0.3) is 236 Å². The monoisotopic (exact) mass is 1570 g/mol. The Morgan fingerprint density at radius 1 is 0.203 bits per heavy atom. The van der Waals surface area contributed by atoms with Crippen LogP contribution < -0.4 is 0 Å². The first-order valence-electron chi connectivity index (χ1n) is 42.5. The molecule has 7 aromatic heterocycles. The van der Waals surface area contributed by atoms with Crippen LogP contribution >= 0.6 is 0 Å². The van der Waals surface area contributed by atoms with E-state index in [9.17, 15) is 0 Å². The average molecular weight is 1570 g/mol. The van der Waals surface area contributed by atoms with Gasteiger partial charge in [0.2, 0.25) is 0 Å². The molecule has 0 saturated heterocycles. The fourth-order valence-corrected chi connectivity index (χ4v) is 20.9. The SMILES string of the molecule is CC1(C)c2ccccc2-c2ccc(-n3c4ccccc4c4ccc(-c5cc6[nH]c7ccccc7c6c6ccccc56)cc43)cc21.c1ccc(-c2ccc(-n3c4ccccc4c4ccc(-c5cc6[nH]c7ccccc7c6c6ccccc56)cc43)cc2)cc1.c1cncc(-n2c3ccccc3c3ccc(-c4cc5[nH]c6ccccc6c5c5ccccc45)cc32)c1. The van der Waals surface area contributed by atoms with Crippen LogP contribution in [0.3, 0.4) is 0 Å². The molecule has 7 heteroatoms. The van der Waals surface area contributed by atoms with E-state index in [4.69, 9.17) is 0 Å². The number of hydrogen-bond acceptors (Lipinski definition) is 1. The molecule has 0 unspecified atom stereocenters. The van der Waals surface area contributed by atoms with Gasteiger partial charge in [-0.1, -0.05) is 305 Å². The molecule has 1 aliphatic rings. The number of aromatic nitrogens is 7. The molecule has 0 spiro atoms. The quantitative estimate of drug-likeness (QED) is 0.146. The van der Waals surface area contributed by atoms with Gasteiger partial charge in [0.05, 0.1) is 45.0 Å². The number of para-hydroxylation sites is 6. The van der Waals surface area contributed by atoms with Crippen LogP contribution in [-0.4, -0.2) is 33.6 Å². The molecule has 0 saturated carbocycles. The highest BCUT2D eigenvalue weighted by molar-refractivity contribution is 6.27. The summed E-state index contributed by atoms with van der Waals surface area (Å²) in [5.74, 6) is 0. The van der Waals surface area contributed by atoms with Gasteiger partial charge in [-0.15, -0.1) is 0 Å². The molecule has 123 heavy (non-hydrogen) atoms. The van der Waals surface area contributed by atoms with E-state index in [0.717, 1.165) is 16.9 Å². The van der Waals surface area contributed by atoms with Crippen molar-refractivity contribution in [3.05, 3.63) is 424 Å². The Balaban J connectivity index is 0.000000102. The Morgan fingerprint density at radius 3 is 0.976 bits per heavy atom. The number of benzene rings is 19. The van der Waals surface area contributed by atoms with Gasteiger partial charge in [-0.25, -0.2) is 0 Å². The largest absolute Gasteiger partial charge is 0.354 e. The second-order valence-corrected chi connectivity index (χ2v) is 33.5. The van der Waals surface area contributed by atoms with Crippen molar-refractivity contribution in [3.8, 4) is 72.7 Å². The van der Waals surface area contributed by atoms with Gasteiger partial charge in [0, 0.05) is 121 Å². The van der Waals surface area contributed by atoms with E-state index in [1.54, 1.807) is 0 Å². The maximum absolute atomic E-state index is 4.41. The van der Waals surface area contributed by atoms with Gasteiger partial charge in [0.25, 0.3) is 0 Å². The number of rotatable bonds is 7. The highest BCUT2D eigenvalue weighted by Gasteiger charge is 2.36. The van der Waals surface area contributed by atoms with Gasteiger partial charge in [-0.05, 0) is 208 Å².